The molecule has 19 heavy (non-hydrogen) atoms. The Balaban J connectivity index is 2.07. The van der Waals surface area contributed by atoms with Gasteiger partial charge < -0.3 is 14.6 Å². The summed E-state index contributed by atoms with van der Waals surface area (Å²) >= 11 is 0. The molecule has 1 fully saturated rings. The van der Waals surface area contributed by atoms with E-state index in [2.05, 4.69) is 4.98 Å². The van der Waals surface area contributed by atoms with Gasteiger partial charge in [0, 0.05) is 26.4 Å². The van der Waals surface area contributed by atoms with Gasteiger partial charge in [0.05, 0.1) is 11.0 Å². The zero-order valence-corrected chi connectivity index (χ0v) is 11.4. The van der Waals surface area contributed by atoms with Crippen LogP contribution >= 0.6 is 0 Å². The lowest BCUT2D eigenvalue weighted by molar-refractivity contribution is 0.0348. The van der Waals surface area contributed by atoms with Crippen molar-refractivity contribution in [3.05, 3.63) is 18.0 Å². The van der Waals surface area contributed by atoms with Gasteiger partial charge in [-0.05, 0) is 18.9 Å². The summed E-state index contributed by atoms with van der Waals surface area (Å²) in [4.78, 5) is 16.4. The number of methoxy groups -OCH3 is 1. The molecule has 1 aliphatic heterocycles. The third kappa shape index (κ3) is 3.14. The first kappa shape index (κ1) is 14.0. The number of hydrogen-bond acceptors (Lipinski definition) is 4. The number of amides is 1. The van der Waals surface area contributed by atoms with Gasteiger partial charge in [-0.1, -0.05) is 0 Å². The SMILES string of the molecule is COC1CCN(C(=O)c2cc(S(N)(=O)=O)c[nH]2)CC1. The number of nitrogens with two attached hydrogens (primary N) is 1. The zero-order chi connectivity index (χ0) is 14.0. The highest BCUT2D eigenvalue weighted by molar-refractivity contribution is 7.89. The van der Waals surface area contributed by atoms with Crippen LogP contribution in [-0.4, -0.2) is 50.5 Å². The molecular weight excluding hydrogens is 270 g/mol. The van der Waals surface area contributed by atoms with Crippen molar-refractivity contribution in [2.24, 2.45) is 5.14 Å². The van der Waals surface area contributed by atoms with E-state index in [-0.39, 0.29) is 22.6 Å². The predicted molar refractivity (Wildman–Crippen MR) is 68.1 cm³/mol. The van der Waals surface area contributed by atoms with Crippen LogP contribution in [0.15, 0.2) is 17.2 Å². The second kappa shape index (κ2) is 5.32. The number of carbonyl (C=O) groups excluding carboxylic acids is 1. The quantitative estimate of drug-likeness (QED) is 0.810. The van der Waals surface area contributed by atoms with Gasteiger partial charge in [0.1, 0.15) is 5.69 Å². The Labute approximate surface area is 111 Å². The molecule has 0 bridgehead atoms. The van der Waals surface area contributed by atoms with E-state index in [1.54, 1.807) is 12.0 Å². The van der Waals surface area contributed by atoms with Crippen molar-refractivity contribution < 1.29 is 17.9 Å². The average Bonchev–Trinajstić information content (AvgIpc) is 2.87. The number of carbonyl (C=O) groups is 1. The van der Waals surface area contributed by atoms with Gasteiger partial charge in [-0.25, -0.2) is 13.6 Å². The molecule has 0 spiro atoms. The number of ether oxygens (including phenoxy) is 1. The van der Waals surface area contributed by atoms with Crippen molar-refractivity contribution in [3.8, 4) is 0 Å². The number of primary sulfonamides is 1. The number of aromatic nitrogens is 1. The molecule has 1 aliphatic rings. The Morgan fingerprint density at radius 1 is 1.47 bits per heavy atom. The highest BCUT2D eigenvalue weighted by Crippen LogP contribution is 2.16. The number of rotatable bonds is 3. The molecule has 0 unspecified atom stereocenters. The van der Waals surface area contributed by atoms with E-state index in [0.29, 0.717) is 13.1 Å². The first-order chi connectivity index (χ1) is 8.91. The molecule has 3 N–H and O–H groups in total. The standard InChI is InChI=1S/C11H17N3O4S/c1-18-8-2-4-14(5-3-8)11(15)10-6-9(7-13-10)19(12,16)17/h6-8,13H,2-5H2,1H3,(H2,12,16,17). The third-order valence-corrected chi connectivity index (χ3v) is 4.17. The largest absolute Gasteiger partial charge is 0.381 e. The molecule has 106 valence electrons. The summed E-state index contributed by atoms with van der Waals surface area (Å²) in [6.45, 7) is 1.20. The number of nitrogens with one attached hydrogen (secondary N) is 1. The van der Waals surface area contributed by atoms with Crippen molar-refractivity contribution in [3.63, 3.8) is 0 Å². The molecule has 1 aromatic heterocycles. The molecule has 0 atom stereocenters. The summed E-state index contributed by atoms with van der Waals surface area (Å²) in [7, 11) is -2.12. The fraction of sp³-hybridized carbons (Fsp3) is 0.545. The van der Waals surface area contributed by atoms with Crippen molar-refractivity contribution in [1.82, 2.24) is 9.88 Å². The van der Waals surface area contributed by atoms with E-state index in [0.717, 1.165) is 12.8 Å². The smallest absolute Gasteiger partial charge is 0.270 e. The monoisotopic (exact) mass is 287 g/mol. The van der Waals surface area contributed by atoms with E-state index in [1.165, 1.54) is 12.3 Å². The lowest BCUT2D eigenvalue weighted by Gasteiger charge is -2.30. The molecule has 7 nitrogen and oxygen atoms in total. The van der Waals surface area contributed by atoms with Gasteiger partial charge in [0.25, 0.3) is 5.91 Å². The minimum Gasteiger partial charge on any atom is -0.381 e. The average molecular weight is 287 g/mol. The Morgan fingerprint density at radius 3 is 2.58 bits per heavy atom. The van der Waals surface area contributed by atoms with Crippen LogP contribution in [-0.2, 0) is 14.8 Å². The summed E-state index contributed by atoms with van der Waals surface area (Å²) < 4.78 is 27.5. The van der Waals surface area contributed by atoms with Gasteiger partial charge in [-0.3, -0.25) is 4.79 Å². The third-order valence-electron chi connectivity index (χ3n) is 3.28. The zero-order valence-electron chi connectivity index (χ0n) is 10.6. The summed E-state index contributed by atoms with van der Waals surface area (Å²) in [6.07, 6.45) is 2.98. The minimum absolute atomic E-state index is 0.0809. The molecular formula is C11H17N3O4S. The van der Waals surface area contributed by atoms with Crippen LogP contribution in [0, 0.1) is 0 Å². The van der Waals surface area contributed by atoms with Gasteiger partial charge in [-0.15, -0.1) is 0 Å². The molecule has 1 aromatic rings. The van der Waals surface area contributed by atoms with E-state index in [9.17, 15) is 13.2 Å². The highest BCUT2D eigenvalue weighted by atomic mass is 32.2. The Bertz CT molecular complexity index is 558. The Morgan fingerprint density at radius 2 is 2.11 bits per heavy atom. The topological polar surface area (TPSA) is 105 Å². The van der Waals surface area contributed by atoms with Crippen molar-refractivity contribution in [2.75, 3.05) is 20.2 Å². The Hall–Kier alpha value is -1.38. The molecule has 0 saturated carbocycles. The lowest BCUT2D eigenvalue weighted by Crippen LogP contribution is -2.40. The second-order valence-corrected chi connectivity index (χ2v) is 6.08. The van der Waals surface area contributed by atoms with E-state index in [1.807, 2.05) is 0 Å². The maximum Gasteiger partial charge on any atom is 0.270 e. The van der Waals surface area contributed by atoms with Gasteiger partial charge >= 0.3 is 0 Å². The van der Waals surface area contributed by atoms with Crippen LogP contribution in [0.5, 0.6) is 0 Å². The molecule has 0 aromatic carbocycles. The molecule has 1 saturated heterocycles. The Kier molecular flexibility index (Phi) is 3.93. The van der Waals surface area contributed by atoms with E-state index < -0.39 is 10.0 Å². The highest BCUT2D eigenvalue weighted by Gasteiger charge is 2.25. The normalized spacial score (nSPS) is 17.7. The molecule has 2 rings (SSSR count). The van der Waals surface area contributed by atoms with Crippen molar-refractivity contribution in [2.45, 2.75) is 23.8 Å². The number of hydrogen-bond donors (Lipinski definition) is 2. The number of piperidine rings is 1. The van der Waals surface area contributed by atoms with Crippen LogP contribution in [0.25, 0.3) is 0 Å². The maximum atomic E-state index is 12.2. The lowest BCUT2D eigenvalue weighted by atomic mass is 10.1. The fourth-order valence-electron chi connectivity index (χ4n) is 2.13. The van der Waals surface area contributed by atoms with E-state index >= 15 is 0 Å². The molecule has 0 aliphatic carbocycles. The number of likely N-dealkylation sites (tertiary alicyclic amines) is 1. The predicted octanol–water partition coefficient (Wildman–Crippen LogP) is -0.0869. The summed E-state index contributed by atoms with van der Waals surface area (Å²) in [5.41, 5.74) is 0.236. The number of sulfonamides is 1. The van der Waals surface area contributed by atoms with Crippen LogP contribution in [0.4, 0.5) is 0 Å². The molecule has 2 heterocycles. The fourth-order valence-corrected chi connectivity index (χ4v) is 2.63. The molecule has 1 amide bonds. The first-order valence-corrected chi connectivity index (χ1v) is 7.49. The summed E-state index contributed by atoms with van der Waals surface area (Å²) in [6, 6.07) is 1.26. The minimum atomic E-state index is -3.78. The summed E-state index contributed by atoms with van der Waals surface area (Å²) in [5, 5.41) is 5.00. The van der Waals surface area contributed by atoms with Crippen LogP contribution < -0.4 is 5.14 Å². The molecule has 8 heteroatoms. The second-order valence-electron chi connectivity index (χ2n) is 4.52. The van der Waals surface area contributed by atoms with Gasteiger partial charge in [0.2, 0.25) is 10.0 Å². The van der Waals surface area contributed by atoms with Crippen LogP contribution in [0.2, 0.25) is 0 Å². The number of H-pyrrole nitrogens is 1. The van der Waals surface area contributed by atoms with Crippen LogP contribution in [0.1, 0.15) is 23.3 Å². The number of nitrogens with zero attached hydrogens (tertiary/aromatic N) is 1. The van der Waals surface area contributed by atoms with Crippen molar-refractivity contribution >= 4 is 15.9 Å². The van der Waals surface area contributed by atoms with Gasteiger partial charge in [0.15, 0.2) is 0 Å². The van der Waals surface area contributed by atoms with Gasteiger partial charge in [-0.2, -0.15) is 0 Å². The number of aromatic amines is 1. The van der Waals surface area contributed by atoms with E-state index in [4.69, 9.17) is 9.88 Å². The van der Waals surface area contributed by atoms with Crippen LogP contribution in [0.3, 0.4) is 0 Å². The molecule has 0 radical (unpaired) electrons. The maximum absolute atomic E-state index is 12.2. The van der Waals surface area contributed by atoms with Crippen molar-refractivity contribution in [1.29, 1.82) is 0 Å². The first-order valence-electron chi connectivity index (χ1n) is 5.95. The summed E-state index contributed by atoms with van der Waals surface area (Å²) in [5.74, 6) is -0.218.